The van der Waals surface area contributed by atoms with Gasteiger partial charge >= 0.3 is 0 Å². The smallest absolute Gasteiger partial charge is 0.168 e. The molecule has 0 unspecified atom stereocenters. The third-order valence-corrected chi connectivity index (χ3v) is 4.29. The third kappa shape index (κ3) is 2.95. The van der Waals surface area contributed by atoms with E-state index in [1.807, 2.05) is 31.2 Å². The number of anilines is 2. The van der Waals surface area contributed by atoms with Crippen LogP contribution in [0.3, 0.4) is 0 Å². The number of rotatable bonds is 4. The van der Waals surface area contributed by atoms with Crippen LogP contribution in [0.15, 0.2) is 55.0 Å². The van der Waals surface area contributed by atoms with Crippen LogP contribution in [-0.2, 0) is 0 Å². The Balaban J connectivity index is 1.78. The van der Waals surface area contributed by atoms with E-state index in [9.17, 15) is 0 Å². The van der Waals surface area contributed by atoms with Gasteiger partial charge in [0.25, 0.3) is 0 Å². The molecule has 0 saturated heterocycles. The van der Waals surface area contributed by atoms with Crippen molar-refractivity contribution in [1.29, 1.82) is 0 Å². The van der Waals surface area contributed by atoms with Gasteiger partial charge in [-0.05, 0) is 37.3 Å². The lowest BCUT2D eigenvalue weighted by Gasteiger charge is -2.11. The van der Waals surface area contributed by atoms with E-state index in [1.165, 1.54) is 11.9 Å². The molecule has 0 radical (unpaired) electrons. The Kier molecular flexibility index (Phi) is 4.18. The van der Waals surface area contributed by atoms with Crippen LogP contribution in [0.5, 0.6) is 5.75 Å². The summed E-state index contributed by atoms with van der Waals surface area (Å²) in [6.07, 6.45) is 3.25. The van der Waals surface area contributed by atoms with Crippen LogP contribution in [0.4, 0.5) is 11.5 Å². The molecule has 130 valence electrons. The number of hydrogen-bond acceptors (Lipinski definition) is 5. The fourth-order valence-electron chi connectivity index (χ4n) is 2.72. The van der Waals surface area contributed by atoms with Crippen molar-refractivity contribution in [3.63, 3.8) is 0 Å². The molecule has 0 aliphatic rings. The van der Waals surface area contributed by atoms with Crippen LogP contribution in [0.1, 0.15) is 5.56 Å². The second-order valence-electron chi connectivity index (χ2n) is 5.82. The lowest BCUT2D eigenvalue weighted by Crippen LogP contribution is -2.00. The number of nitrogens with one attached hydrogen (secondary N) is 1. The number of aromatic nitrogens is 4. The highest BCUT2D eigenvalue weighted by molar-refractivity contribution is 6.31. The number of ether oxygens (including phenoxy) is 1. The van der Waals surface area contributed by atoms with Gasteiger partial charge in [0.05, 0.1) is 30.1 Å². The van der Waals surface area contributed by atoms with Gasteiger partial charge < -0.3 is 10.1 Å². The second kappa shape index (κ2) is 6.65. The van der Waals surface area contributed by atoms with E-state index in [1.54, 1.807) is 36.2 Å². The Hall–Kier alpha value is -3.12. The van der Waals surface area contributed by atoms with Crippen molar-refractivity contribution in [3.8, 4) is 11.4 Å². The quantitative estimate of drug-likeness (QED) is 0.575. The number of hydrogen-bond donors (Lipinski definition) is 1. The van der Waals surface area contributed by atoms with E-state index >= 15 is 0 Å². The van der Waals surface area contributed by atoms with Crippen molar-refractivity contribution in [2.75, 3.05) is 12.4 Å². The predicted molar refractivity (Wildman–Crippen MR) is 103 cm³/mol. The van der Waals surface area contributed by atoms with Crippen molar-refractivity contribution < 1.29 is 4.74 Å². The molecule has 1 N–H and O–H groups in total. The SMILES string of the molecule is COc1ccc(Cl)cc1Nc1ncnc2c1cnn2-c1ccc(C)cc1. The van der Waals surface area contributed by atoms with Gasteiger partial charge in [-0.3, -0.25) is 0 Å². The minimum atomic E-state index is 0.606. The van der Waals surface area contributed by atoms with Crippen molar-refractivity contribution in [3.05, 3.63) is 65.6 Å². The van der Waals surface area contributed by atoms with Crippen LogP contribution < -0.4 is 10.1 Å². The highest BCUT2D eigenvalue weighted by atomic mass is 35.5. The Bertz CT molecular complexity index is 1080. The maximum atomic E-state index is 6.11. The number of methoxy groups -OCH3 is 1. The summed E-state index contributed by atoms with van der Waals surface area (Å²) in [7, 11) is 1.61. The highest BCUT2D eigenvalue weighted by Crippen LogP contribution is 2.32. The van der Waals surface area contributed by atoms with E-state index in [-0.39, 0.29) is 0 Å². The fourth-order valence-corrected chi connectivity index (χ4v) is 2.90. The molecule has 0 spiro atoms. The van der Waals surface area contributed by atoms with Gasteiger partial charge in [0.2, 0.25) is 0 Å². The molecule has 2 heterocycles. The lowest BCUT2D eigenvalue weighted by molar-refractivity contribution is 0.417. The molecule has 4 aromatic rings. The Morgan fingerprint density at radius 2 is 1.88 bits per heavy atom. The molecule has 0 bridgehead atoms. The normalized spacial score (nSPS) is 10.9. The molecule has 6 nitrogen and oxygen atoms in total. The monoisotopic (exact) mass is 365 g/mol. The Morgan fingerprint density at radius 3 is 2.65 bits per heavy atom. The van der Waals surface area contributed by atoms with Gasteiger partial charge in [-0.25, -0.2) is 14.6 Å². The molecule has 0 saturated carbocycles. The minimum absolute atomic E-state index is 0.606. The molecule has 4 rings (SSSR count). The maximum Gasteiger partial charge on any atom is 0.168 e. The third-order valence-electron chi connectivity index (χ3n) is 4.06. The molecule has 26 heavy (non-hydrogen) atoms. The summed E-state index contributed by atoms with van der Waals surface area (Å²) < 4.78 is 7.17. The van der Waals surface area contributed by atoms with Crippen LogP contribution in [0.25, 0.3) is 16.7 Å². The van der Waals surface area contributed by atoms with Gasteiger partial charge in [-0.15, -0.1) is 0 Å². The Morgan fingerprint density at radius 1 is 1.08 bits per heavy atom. The van der Waals surface area contributed by atoms with Crippen molar-refractivity contribution in [1.82, 2.24) is 19.7 Å². The van der Waals surface area contributed by atoms with Gasteiger partial charge in [0, 0.05) is 5.02 Å². The van der Waals surface area contributed by atoms with Crippen LogP contribution in [0, 0.1) is 6.92 Å². The zero-order chi connectivity index (χ0) is 18.1. The van der Waals surface area contributed by atoms with E-state index in [2.05, 4.69) is 20.4 Å². The summed E-state index contributed by atoms with van der Waals surface area (Å²) in [6.45, 7) is 2.05. The average Bonchev–Trinajstić information content (AvgIpc) is 3.08. The summed E-state index contributed by atoms with van der Waals surface area (Å²) in [5.41, 5.74) is 3.57. The molecule has 2 aromatic carbocycles. The molecule has 0 aliphatic carbocycles. The van der Waals surface area contributed by atoms with Crippen LogP contribution >= 0.6 is 11.6 Å². The zero-order valence-electron chi connectivity index (χ0n) is 14.3. The van der Waals surface area contributed by atoms with Gasteiger partial charge in [-0.2, -0.15) is 5.10 Å². The largest absolute Gasteiger partial charge is 0.495 e. The van der Waals surface area contributed by atoms with Crippen molar-refractivity contribution in [2.45, 2.75) is 6.92 Å². The van der Waals surface area contributed by atoms with E-state index < -0.39 is 0 Å². The lowest BCUT2D eigenvalue weighted by atomic mass is 10.2. The highest BCUT2D eigenvalue weighted by Gasteiger charge is 2.13. The van der Waals surface area contributed by atoms with Gasteiger partial charge in [0.15, 0.2) is 5.65 Å². The van der Waals surface area contributed by atoms with Crippen molar-refractivity contribution >= 4 is 34.1 Å². The van der Waals surface area contributed by atoms with E-state index in [0.717, 1.165) is 16.8 Å². The van der Waals surface area contributed by atoms with Crippen molar-refractivity contribution in [2.24, 2.45) is 0 Å². The summed E-state index contributed by atoms with van der Waals surface area (Å²) in [6, 6.07) is 13.5. The standard InChI is InChI=1S/C19H16ClN5O/c1-12-3-6-14(7-4-12)25-19-15(10-23-25)18(21-11-22-19)24-16-9-13(20)5-8-17(16)26-2/h3-11H,1-2H3,(H,21,22,24). The molecule has 2 aromatic heterocycles. The number of fused-ring (bicyclic) bond motifs is 1. The maximum absolute atomic E-state index is 6.11. The predicted octanol–water partition coefficient (Wildman–Crippen LogP) is 4.53. The molecule has 0 aliphatic heterocycles. The summed E-state index contributed by atoms with van der Waals surface area (Å²) in [5.74, 6) is 1.31. The summed E-state index contributed by atoms with van der Waals surface area (Å²) >= 11 is 6.11. The summed E-state index contributed by atoms with van der Waals surface area (Å²) in [4.78, 5) is 8.75. The first kappa shape index (κ1) is 16.4. The van der Waals surface area contributed by atoms with E-state index in [0.29, 0.717) is 22.2 Å². The molecule has 0 amide bonds. The van der Waals surface area contributed by atoms with Crippen LogP contribution in [-0.4, -0.2) is 26.9 Å². The number of aryl methyl sites for hydroxylation is 1. The molecule has 0 atom stereocenters. The first-order valence-corrected chi connectivity index (χ1v) is 8.40. The second-order valence-corrected chi connectivity index (χ2v) is 6.26. The number of nitrogens with zero attached hydrogens (tertiary/aromatic N) is 4. The minimum Gasteiger partial charge on any atom is -0.495 e. The van der Waals surface area contributed by atoms with Crippen LogP contribution in [0.2, 0.25) is 5.02 Å². The first-order chi connectivity index (χ1) is 12.7. The van der Waals surface area contributed by atoms with E-state index in [4.69, 9.17) is 16.3 Å². The first-order valence-electron chi connectivity index (χ1n) is 8.02. The zero-order valence-corrected chi connectivity index (χ0v) is 15.0. The van der Waals surface area contributed by atoms with Gasteiger partial charge in [0.1, 0.15) is 17.9 Å². The molecular formula is C19H16ClN5O. The average molecular weight is 366 g/mol. The summed E-state index contributed by atoms with van der Waals surface area (Å²) in [5, 5.41) is 9.15. The number of benzene rings is 2. The van der Waals surface area contributed by atoms with Gasteiger partial charge in [-0.1, -0.05) is 29.3 Å². The molecular weight excluding hydrogens is 350 g/mol. The molecule has 7 heteroatoms. The Labute approximate surface area is 155 Å². The fraction of sp³-hybridized carbons (Fsp3) is 0.105. The molecule has 0 fully saturated rings. The topological polar surface area (TPSA) is 64.9 Å². The number of halogens is 1.